The van der Waals surface area contributed by atoms with Gasteiger partial charge in [-0.2, -0.15) is 0 Å². The van der Waals surface area contributed by atoms with E-state index in [1.807, 2.05) is 11.8 Å². The Hall–Kier alpha value is -0.0400. The minimum Gasteiger partial charge on any atom is -0.360 e. The molecule has 2 atom stereocenters. The predicted octanol–water partition coefficient (Wildman–Crippen LogP) is 3.87. The Morgan fingerprint density at radius 2 is 2.13 bits per heavy atom. The second-order valence-electron chi connectivity index (χ2n) is 6.85. The summed E-state index contributed by atoms with van der Waals surface area (Å²) in [7, 11) is 0. The zero-order chi connectivity index (χ0) is 14.4. The summed E-state index contributed by atoms with van der Waals surface area (Å²) < 4.78 is 0. The Morgan fingerprint density at radius 1 is 1.35 bits per heavy atom. The molecule has 130 valence electrons. The smallest absolute Gasteiger partial charge is 0.168 e. The molecule has 1 fully saturated rings. The van der Waals surface area contributed by atoms with Gasteiger partial charge in [-0.25, -0.2) is 0 Å². The van der Waals surface area contributed by atoms with Crippen molar-refractivity contribution in [2.45, 2.75) is 57.2 Å². The normalized spacial score (nSPS) is 30.2. The number of halogens is 2. The molecule has 0 aromatic rings. The zero-order valence-electron chi connectivity index (χ0n) is 13.4. The van der Waals surface area contributed by atoms with Crippen molar-refractivity contribution in [1.29, 1.82) is 0 Å². The number of aliphatic imine (C=N–C) groups is 2. The van der Waals surface area contributed by atoms with Crippen LogP contribution < -0.4 is 5.32 Å². The Balaban J connectivity index is 0.000000960. The van der Waals surface area contributed by atoms with Crippen molar-refractivity contribution < 1.29 is 0 Å². The number of nitrogens with one attached hydrogen (secondary N) is 1. The first kappa shape index (κ1) is 19.3. The van der Waals surface area contributed by atoms with E-state index in [1.165, 1.54) is 36.5 Å². The van der Waals surface area contributed by atoms with E-state index in [1.54, 1.807) is 11.8 Å². The van der Waals surface area contributed by atoms with Gasteiger partial charge in [0.05, 0.1) is 17.6 Å². The van der Waals surface area contributed by atoms with Crippen molar-refractivity contribution in [2.75, 3.05) is 12.3 Å². The summed E-state index contributed by atoms with van der Waals surface area (Å²) >= 11 is 3.62. The van der Waals surface area contributed by atoms with Crippen LogP contribution in [0.4, 0.5) is 0 Å². The molecule has 4 rings (SSSR count). The summed E-state index contributed by atoms with van der Waals surface area (Å²) in [5, 5.41) is 8.20. The molecule has 1 aliphatic carbocycles. The molecule has 3 aliphatic heterocycles. The lowest BCUT2D eigenvalue weighted by Crippen LogP contribution is -2.36. The van der Waals surface area contributed by atoms with Crippen molar-refractivity contribution in [3.63, 3.8) is 0 Å². The molecule has 1 saturated carbocycles. The van der Waals surface area contributed by atoms with Gasteiger partial charge in [-0.3, -0.25) is 9.98 Å². The van der Waals surface area contributed by atoms with E-state index >= 15 is 0 Å². The molecule has 4 nitrogen and oxygen atoms in total. The summed E-state index contributed by atoms with van der Waals surface area (Å²) in [6.07, 6.45) is 5.24. The highest BCUT2D eigenvalue weighted by molar-refractivity contribution is 8.17. The molecule has 0 radical (unpaired) electrons. The summed E-state index contributed by atoms with van der Waals surface area (Å²) in [5.74, 6) is 0.993. The second-order valence-corrected chi connectivity index (χ2v) is 8.65. The highest BCUT2D eigenvalue weighted by Crippen LogP contribution is 2.37. The van der Waals surface area contributed by atoms with Crippen LogP contribution in [0.2, 0.25) is 0 Å². The molecule has 0 amide bonds. The maximum atomic E-state index is 4.87. The molecule has 8 heteroatoms. The largest absolute Gasteiger partial charge is 0.360 e. The van der Waals surface area contributed by atoms with Crippen LogP contribution in [-0.2, 0) is 0 Å². The molecule has 1 N–H and O–H groups in total. The average molecular weight is 395 g/mol. The maximum absolute atomic E-state index is 4.87. The van der Waals surface area contributed by atoms with E-state index in [-0.39, 0.29) is 30.4 Å². The fraction of sp³-hybridized carbons (Fsp3) is 0.733. The third-order valence-electron chi connectivity index (χ3n) is 4.50. The van der Waals surface area contributed by atoms with Gasteiger partial charge in [-0.1, -0.05) is 36.4 Å². The van der Waals surface area contributed by atoms with Gasteiger partial charge < -0.3 is 10.2 Å². The van der Waals surface area contributed by atoms with Crippen LogP contribution in [0.3, 0.4) is 0 Å². The molecule has 0 aromatic carbocycles. The number of thioether (sulfide) groups is 2. The number of rotatable bonds is 2. The van der Waals surface area contributed by atoms with Crippen molar-refractivity contribution >= 4 is 58.7 Å². The van der Waals surface area contributed by atoms with Gasteiger partial charge >= 0.3 is 0 Å². The van der Waals surface area contributed by atoms with Crippen LogP contribution in [0.15, 0.2) is 21.1 Å². The van der Waals surface area contributed by atoms with E-state index in [9.17, 15) is 0 Å². The average Bonchev–Trinajstić information content (AvgIpc) is 3.07. The summed E-state index contributed by atoms with van der Waals surface area (Å²) in [6.45, 7) is 5.42. The van der Waals surface area contributed by atoms with Crippen LogP contribution in [-0.4, -0.2) is 45.2 Å². The highest BCUT2D eigenvalue weighted by Gasteiger charge is 2.37. The molecular formula is C15H24Cl2N4S2. The van der Waals surface area contributed by atoms with Crippen molar-refractivity contribution in [2.24, 2.45) is 9.98 Å². The predicted molar refractivity (Wildman–Crippen MR) is 107 cm³/mol. The fourth-order valence-electron chi connectivity index (χ4n) is 3.42. The third-order valence-corrected chi connectivity index (χ3v) is 6.35. The second kappa shape index (κ2) is 7.46. The summed E-state index contributed by atoms with van der Waals surface area (Å²) in [6, 6.07) is 1.15. The van der Waals surface area contributed by atoms with Gasteiger partial charge in [0.2, 0.25) is 0 Å². The number of fused-ring (bicyclic) bond motifs is 2. The third kappa shape index (κ3) is 3.97. The number of hydrogen-bond donors (Lipinski definition) is 1. The molecular weight excluding hydrogens is 371 g/mol. The topological polar surface area (TPSA) is 40.0 Å². The van der Waals surface area contributed by atoms with Crippen molar-refractivity contribution in [3.05, 3.63) is 11.1 Å². The van der Waals surface area contributed by atoms with Crippen molar-refractivity contribution in [1.82, 2.24) is 10.2 Å². The summed E-state index contributed by atoms with van der Waals surface area (Å²) in [5.41, 5.74) is 1.44. The van der Waals surface area contributed by atoms with Crippen LogP contribution in [0, 0.1) is 0 Å². The molecule has 4 aliphatic rings. The van der Waals surface area contributed by atoms with Gasteiger partial charge in [0.15, 0.2) is 10.3 Å². The first-order valence-electron chi connectivity index (χ1n) is 7.81. The number of nitrogens with zero attached hydrogens (tertiary/aromatic N) is 3. The van der Waals surface area contributed by atoms with Crippen LogP contribution in [0.25, 0.3) is 0 Å². The molecule has 0 bridgehead atoms. The minimum atomic E-state index is 0. The first-order valence-corrected chi connectivity index (χ1v) is 9.67. The Bertz CT molecular complexity index is 548. The van der Waals surface area contributed by atoms with Crippen molar-refractivity contribution in [3.8, 4) is 0 Å². The van der Waals surface area contributed by atoms with E-state index in [0.717, 1.165) is 17.5 Å². The minimum absolute atomic E-state index is 0. The van der Waals surface area contributed by atoms with E-state index in [4.69, 9.17) is 9.98 Å². The van der Waals surface area contributed by atoms with Crippen LogP contribution in [0.1, 0.15) is 39.5 Å². The van der Waals surface area contributed by atoms with Gasteiger partial charge in [0.25, 0.3) is 0 Å². The molecule has 0 aromatic heterocycles. The Labute approximate surface area is 159 Å². The highest BCUT2D eigenvalue weighted by atomic mass is 35.5. The van der Waals surface area contributed by atoms with E-state index in [2.05, 4.69) is 29.5 Å². The zero-order valence-corrected chi connectivity index (χ0v) is 16.7. The lowest BCUT2D eigenvalue weighted by atomic mass is 9.92. The maximum Gasteiger partial charge on any atom is 0.168 e. The standard InChI is InChI=1S/C15H22N4S2.2ClH/c1-15(2)9-19-10(8-21-14(19)18-15)7-20-13-16-11-5-3-4-6-12(11)17-13;;/h8,11-12H,3-7,9H2,1-2H3,(H,16,17);2*1H. The van der Waals surface area contributed by atoms with Gasteiger partial charge in [0, 0.05) is 18.0 Å². The van der Waals surface area contributed by atoms with Gasteiger partial charge in [-0.05, 0) is 32.1 Å². The quantitative estimate of drug-likeness (QED) is 0.771. The molecule has 0 spiro atoms. The monoisotopic (exact) mass is 394 g/mol. The molecule has 3 heterocycles. The Morgan fingerprint density at radius 3 is 2.91 bits per heavy atom. The van der Waals surface area contributed by atoms with E-state index in [0.29, 0.717) is 12.1 Å². The van der Waals surface area contributed by atoms with Gasteiger partial charge in [0.1, 0.15) is 0 Å². The lowest BCUT2D eigenvalue weighted by Gasteiger charge is -2.23. The summed E-state index contributed by atoms with van der Waals surface area (Å²) in [4.78, 5) is 12.0. The molecule has 0 saturated heterocycles. The molecule has 23 heavy (non-hydrogen) atoms. The van der Waals surface area contributed by atoms with Crippen LogP contribution >= 0.6 is 48.3 Å². The number of amidine groups is 2. The van der Waals surface area contributed by atoms with Crippen LogP contribution in [0.5, 0.6) is 0 Å². The first-order chi connectivity index (χ1) is 10.1. The Kier molecular flexibility index (Phi) is 6.26. The van der Waals surface area contributed by atoms with Gasteiger partial charge in [-0.15, -0.1) is 24.8 Å². The molecule has 2 unspecified atom stereocenters. The fourth-order valence-corrected chi connectivity index (χ4v) is 5.56. The number of hydrogen-bond acceptors (Lipinski definition) is 6. The lowest BCUT2D eigenvalue weighted by molar-refractivity contribution is 0.385. The van der Waals surface area contributed by atoms with E-state index < -0.39 is 0 Å². The SMILES string of the molecule is CC1(C)CN2C(CSC3=NC4CCCCC4N3)=CSC2=N1.Cl.Cl.